The quantitative estimate of drug-likeness (QED) is 0.746. The van der Waals surface area contributed by atoms with E-state index in [-0.39, 0.29) is 17.3 Å². The molecule has 0 amide bonds. The number of carbonyl (C=O) groups is 1. The molecule has 1 aliphatic heterocycles. The molecule has 0 bridgehead atoms. The fourth-order valence-corrected chi connectivity index (χ4v) is 3.76. The van der Waals surface area contributed by atoms with Crippen LogP contribution >= 0.6 is 0 Å². The van der Waals surface area contributed by atoms with Crippen LogP contribution in [-0.4, -0.2) is 40.0 Å². The number of aromatic hydroxyl groups is 2. The molecule has 0 radical (unpaired) electrons. The first-order valence-electron chi connectivity index (χ1n) is 9.78. The summed E-state index contributed by atoms with van der Waals surface area (Å²) in [5.41, 5.74) is 3.06. The van der Waals surface area contributed by atoms with Crippen molar-refractivity contribution >= 4 is 17.9 Å². The van der Waals surface area contributed by atoms with Gasteiger partial charge in [0.1, 0.15) is 11.5 Å². The van der Waals surface area contributed by atoms with Gasteiger partial charge in [-0.15, -0.1) is 0 Å². The van der Waals surface area contributed by atoms with E-state index in [4.69, 9.17) is 0 Å². The van der Waals surface area contributed by atoms with Crippen LogP contribution in [0.25, 0.3) is 12.2 Å². The van der Waals surface area contributed by atoms with Crippen molar-refractivity contribution in [1.29, 1.82) is 0 Å². The van der Waals surface area contributed by atoms with Crippen molar-refractivity contribution < 1.29 is 15.0 Å². The Morgan fingerprint density at radius 2 is 1.36 bits per heavy atom. The molecule has 4 heteroatoms. The molecule has 28 heavy (non-hydrogen) atoms. The van der Waals surface area contributed by atoms with Gasteiger partial charge in [-0.25, -0.2) is 0 Å². The first kappa shape index (κ1) is 19.9. The molecule has 1 aliphatic rings. The Bertz CT molecular complexity index is 842. The van der Waals surface area contributed by atoms with Gasteiger partial charge in [-0.05, 0) is 60.4 Å². The van der Waals surface area contributed by atoms with E-state index in [1.807, 2.05) is 24.3 Å². The summed E-state index contributed by atoms with van der Waals surface area (Å²) in [6.07, 6.45) is 5.77. The Hall–Kier alpha value is -2.85. The van der Waals surface area contributed by atoms with Gasteiger partial charge in [0.25, 0.3) is 0 Å². The Morgan fingerprint density at radius 3 is 1.75 bits per heavy atom. The molecular formula is C24H27NO3. The van der Waals surface area contributed by atoms with E-state index in [9.17, 15) is 15.0 Å². The third-order valence-corrected chi connectivity index (χ3v) is 5.21. The number of hydrogen-bond acceptors (Lipinski definition) is 4. The highest BCUT2D eigenvalue weighted by Crippen LogP contribution is 2.26. The lowest BCUT2D eigenvalue weighted by atomic mass is 9.92. The number of ketones is 1. The number of phenols is 2. The van der Waals surface area contributed by atoms with E-state index in [1.165, 1.54) is 0 Å². The van der Waals surface area contributed by atoms with Crippen molar-refractivity contribution in [3.05, 3.63) is 70.8 Å². The van der Waals surface area contributed by atoms with Crippen molar-refractivity contribution in [1.82, 2.24) is 4.90 Å². The molecule has 2 aromatic carbocycles. The van der Waals surface area contributed by atoms with E-state index in [0.717, 1.165) is 35.1 Å². The van der Waals surface area contributed by atoms with Gasteiger partial charge in [0, 0.05) is 30.3 Å². The summed E-state index contributed by atoms with van der Waals surface area (Å²) < 4.78 is 0. The van der Waals surface area contributed by atoms with Gasteiger partial charge >= 0.3 is 0 Å². The monoisotopic (exact) mass is 377 g/mol. The largest absolute Gasteiger partial charge is 0.508 e. The first-order chi connectivity index (χ1) is 13.5. The second kappa shape index (κ2) is 8.89. The maximum absolute atomic E-state index is 13.2. The number of phenolic OH excluding ortho intramolecular Hbond substituents is 2. The fourth-order valence-electron chi connectivity index (χ4n) is 3.76. The Kier molecular flexibility index (Phi) is 6.32. The standard InChI is InChI=1S/C24H27NO3/c1-3-21(4-2)25-15-19(11-17-7-5-9-22(26)13-17)24(28)20(16-25)12-18-8-6-10-23(27)14-18/h5-14,21,26-27H,3-4,15-16H2,1-2H3/b19-11+,20-12+. The van der Waals surface area contributed by atoms with Gasteiger partial charge < -0.3 is 10.2 Å². The third-order valence-electron chi connectivity index (χ3n) is 5.21. The normalized spacial score (nSPS) is 18.3. The second-order valence-corrected chi connectivity index (χ2v) is 7.23. The number of carbonyl (C=O) groups excluding carboxylic acids is 1. The predicted octanol–water partition coefficient (Wildman–Crippen LogP) is 4.64. The van der Waals surface area contributed by atoms with E-state index in [2.05, 4.69) is 18.7 Å². The lowest BCUT2D eigenvalue weighted by Crippen LogP contribution is -2.43. The number of likely N-dealkylation sites (tertiary alicyclic amines) is 1. The van der Waals surface area contributed by atoms with Crippen LogP contribution in [0, 0.1) is 0 Å². The highest BCUT2D eigenvalue weighted by molar-refractivity contribution is 6.14. The van der Waals surface area contributed by atoms with Crippen LogP contribution < -0.4 is 0 Å². The molecular weight excluding hydrogens is 350 g/mol. The van der Waals surface area contributed by atoms with Crippen molar-refractivity contribution in [2.24, 2.45) is 0 Å². The maximum Gasteiger partial charge on any atom is 0.187 e. The summed E-state index contributed by atoms with van der Waals surface area (Å²) in [7, 11) is 0. The van der Waals surface area contributed by atoms with E-state index in [0.29, 0.717) is 19.1 Å². The van der Waals surface area contributed by atoms with Crippen molar-refractivity contribution in [2.45, 2.75) is 32.7 Å². The van der Waals surface area contributed by atoms with E-state index in [1.54, 1.807) is 36.4 Å². The maximum atomic E-state index is 13.2. The molecule has 0 saturated carbocycles. The number of benzene rings is 2. The van der Waals surface area contributed by atoms with Gasteiger partial charge in [0.05, 0.1) is 0 Å². The van der Waals surface area contributed by atoms with Crippen LogP contribution in [-0.2, 0) is 4.79 Å². The van der Waals surface area contributed by atoms with Gasteiger partial charge in [-0.3, -0.25) is 9.69 Å². The molecule has 0 spiro atoms. The van der Waals surface area contributed by atoms with Crippen LogP contribution in [0.5, 0.6) is 11.5 Å². The topological polar surface area (TPSA) is 60.8 Å². The zero-order valence-corrected chi connectivity index (χ0v) is 16.4. The summed E-state index contributed by atoms with van der Waals surface area (Å²) in [5, 5.41) is 19.5. The molecule has 1 saturated heterocycles. The van der Waals surface area contributed by atoms with Crippen molar-refractivity contribution in [2.75, 3.05) is 13.1 Å². The Balaban J connectivity index is 2.00. The summed E-state index contributed by atoms with van der Waals surface area (Å²) >= 11 is 0. The predicted molar refractivity (Wildman–Crippen MR) is 113 cm³/mol. The highest BCUT2D eigenvalue weighted by Gasteiger charge is 2.29. The zero-order valence-electron chi connectivity index (χ0n) is 16.4. The lowest BCUT2D eigenvalue weighted by molar-refractivity contribution is -0.113. The minimum Gasteiger partial charge on any atom is -0.508 e. The van der Waals surface area contributed by atoms with Crippen LogP contribution in [0.4, 0.5) is 0 Å². The number of nitrogens with zero attached hydrogens (tertiary/aromatic N) is 1. The highest BCUT2D eigenvalue weighted by atomic mass is 16.3. The summed E-state index contributed by atoms with van der Waals surface area (Å²) in [5.74, 6) is 0.392. The zero-order chi connectivity index (χ0) is 20.1. The number of hydrogen-bond donors (Lipinski definition) is 2. The molecule has 2 aromatic rings. The Labute approximate surface area is 166 Å². The van der Waals surface area contributed by atoms with Crippen LogP contribution in [0.15, 0.2) is 59.7 Å². The molecule has 3 rings (SSSR count). The minimum atomic E-state index is 0.0221. The molecule has 4 nitrogen and oxygen atoms in total. The van der Waals surface area contributed by atoms with Gasteiger partial charge in [0.15, 0.2) is 5.78 Å². The lowest BCUT2D eigenvalue weighted by Gasteiger charge is -2.35. The van der Waals surface area contributed by atoms with Crippen LogP contribution in [0.1, 0.15) is 37.8 Å². The molecule has 0 unspecified atom stereocenters. The number of piperidine rings is 1. The molecule has 146 valence electrons. The molecule has 2 N–H and O–H groups in total. The van der Waals surface area contributed by atoms with Crippen molar-refractivity contribution in [3.63, 3.8) is 0 Å². The SMILES string of the molecule is CCC(CC)N1C/C(=C\c2cccc(O)c2)C(=O)/C(=C/c2cccc(O)c2)C1. The van der Waals surface area contributed by atoms with Crippen LogP contribution in [0.2, 0.25) is 0 Å². The Morgan fingerprint density at radius 1 is 0.893 bits per heavy atom. The van der Waals surface area contributed by atoms with Gasteiger partial charge in [0.2, 0.25) is 0 Å². The molecule has 1 fully saturated rings. The molecule has 0 aromatic heterocycles. The molecule has 0 atom stereocenters. The number of Topliss-reactive ketones (excluding diaryl/α,β-unsaturated/α-hetero) is 1. The van der Waals surface area contributed by atoms with E-state index >= 15 is 0 Å². The van der Waals surface area contributed by atoms with Gasteiger partial charge in [-0.2, -0.15) is 0 Å². The van der Waals surface area contributed by atoms with Gasteiger partial charge in [-0.1, -0.05) is 38.1 Å². The fraction of sp³-hybridized carbons (Fsp3) is 0.292. The first-order valence-corrected chi connectivity index (χ1v) is 9.78. The van der Waals surface area contributed by atoms with E-state index < -0.39 is 0 Å². The summed E-state index contributed by atoms with van der Waals surface area (Å²) in [6, 6.07) is 14.3. The van der Waals surface area contributed by atoms with Crippen molar-refractivity contribution in [3.8, 4) is 11.5 Å². The summed E-state index contributed by atoms with van der Waals surface area (Å²) in [4.78, 5) is 15.5. The average Bonchev–Trinajstić information content (AvgIpc) is 2.66. The second-order valence-electron chi connectivity index (χ2n) is 7.23. The molecule has 1 heterocycles. The molecule has 0 aliphatic carbocycles. The van der Waals surface area contributed by atoms with Crippen LogP contribution in [0.3, 0.4) is 0 Å². The smallest absolute Gasteiger partial charge is 0.187 e. The average molecular weight is 377 g/mol. The minimum absolute atomic E-state index is 0.0221. The third kappa shape index (κ3) is 4.70. The number of rotatable bonds is 5. The summed E-state index contributed by atoms with van der Waals surface area (Å²) in [6.45, 7) is 5.53.